The van der Waals surface area contributed by atoms with Gasteiger partial charge in [0, 0.05) is 11.8 Å². The van der Waals surface area contributed by atoms with E-state index in [1.165, 1.54) is 0 Å². The lowest BCUT2D eigenvalue weighted by Gasteiger charge is -2.13. The van der Waals surface area contributed by atoms with Crippen LogP contribution in [-0.4, -0.2) is 18.1 Å². The van der Waals surface area contributed by atoms with Crippen LogP contribution < -0.4 is 5.73 Å². The maximum atomic E-state index is 5.75. The second kappa shape index (κ2) is 4.89. The molecule has 0 heterocycles. The summed E-state index contributed by atoms with van der Waals surface area (Å²) in [4.78, 5) is 0. The molecule has 54 valence electrons. The predicted octanol–water partition coefficient (Wildman–Crippen LogP) is 1.50. The highest BCUT2D eigenvalue weighted by atomic mass is 32.2. The first-order valence-electron chi connectivity index (χ1n) is 3.09. The summed E-state index contributed by atoms with van der Waals surface area (Å²) < 4.78 is 0. The standard InChI is InChI=1S/C7H15NS/c1-4-6(2)7(8)5-9-3/h4,6-7H,1,5,8H2,2-3H3/t6-,7?/m1/s1. The maximum absolute atomic E-state index is 5.75. The van der Waals surface area contributed by atoms with Crippen LogP contribution in [0.3, 0.4) is 0 Å². The zero-order valence-corrected chi connectivity index (χ0v) is 6.95. The molecule has 0 aliphatic heterocycles. The molecule has 0 aromatic rings. The first kappa shape index (κ1) is 9.05. The molecule has 0 aromatic heterocycles. The highest BCUT2D eigenvalue weighted by molar-refractivity contribution is 7.98. The number of thioether (sulfide) groups is 1. The van der Waals surface area contributed by atoms with Crippen LogP contribution in [0.5, 0.6) is 0 Å². The van der Waals surface area contributed by atoms with E-state index < -0.39 is 0 Å². The Hall–Kier alpha value is 0.0500. The molecule has 0 saturated carbocycles. The summed E-state index contributed by atoms with van der Waals surface area (Å²) in [6.45, 7) is 5.77. The van der Waals surface area contributed by atoms with E-state index in [9.17, 15) is 0 Å². The molecule has 0 aliphatic rings. The van der Waals surface area contributed by atoms with Crippen molar-refractivity contribution in [3.05, 3.63) is 12.7 Å². The predicted molar refractivity (Wildman–Crippen MR) is 45.7 cm³/mol. The van der Waals surface area contributed by atoms with Crippen LogP contribution in [0.2, 0.25) is 0 Å². The van der Waals surface area contributed by atoms with Crippen molar-refractivity contribution < 1.29 is 0 Å². The third-order valence-electron chi connectivity index (χ3n) is 1.41. The largest absolute Gasteiger partial charge is 0.326 e. The third-order valence-corrected chi connectivity index (χ3v) is 2.12. The Morgan fingerprint density at radius 1 is 1.78 bits per heavy atom. The van der Waals surface area contributed by atoms with Crippen LogP contribution in [0.1, 0.15) is 6.92 Å². The highest BCUT2D eigenvalue weighted by Gasteiger charge is 2.06. The Labute approximate surface area is 61.7 Å². The molecule has 1 nitrogen and oxygen atoms in total. The molecule has 0 aromatic carbocycles. The van der Waals surface area contributed by atoms with Crippen molar-refractivity contribution in [3.8, 4) is 0 Å². The molecule has 2 atom stereocenters. The van der Waals surface area contributed by atoms with E-state index in [1.54, 1.807) is 11.8 Å². The van der Waals surface area contributed by atoms with Gasteiger partial charge in [-0.05, 0) is 12.2 Å². The lowest BCUT2D eigenvalue weighted by Crippen LogP contribution is -2.29. The van der Waals surface area contributed by atoms with Crippen molar-refractivity contribution in [2.75, 3.05) is 12.0 Å². The zero-order valence-electron chi connectivity index (χ0n) is 6.13. The Balaban J connectivity index is 3.44. The first-order valence-corrected chi connectivity index (χ1v) is 4.48. The summed E-state index contributed by atoms with van der Waals surface area (Å²) >= 11 is 1.78. The lowest BCUT2D eigenvalue weighted by atomic mass is 10.1. The summed E-state index contributed by atoms with van der Waals surface area (Å²) in [5.74, 6) is 1.46. The van der Waals surface area contributed by atoms with Crippen molar-refractivity contribution in [2.45, 2.75) is 13.0 Å². The average molecular weight is 145 g/mol. The van der Waals surface area contributed by atoms with Crippen LogP contribution in [0.15, 0.2) is 12.7 Å². The van der Waals surface area contributed by atoms with Crippen molar-refractivity contribution in [1.29, 1.82) is 0 Å². The minimum absolute atomic E-state index is 0.275. The number of nitrogens with two attached hydrogens (primary N) is 1. The van der Waals surface area contributed by atoms with Crippen LogP contribution in [0.25, 0.3) is 0 Å². The molecular weight excluding hydrogens is 130 g/mol. The van der Waals surface area contributed by atoms with E-state index >= 15 is 0 Å². The van der Waals surface area contributed by atoms with Crippen LogP contribution in [0, 0.1) is 5.92 Å². The minimum Gasteiger partial charge on any atom is -0.326 e. The van der Waals surface area contributed by atoms with Gasteiger partial charge in [0.15, 0.2) is 0 Å². The highest BCUT2D eigenvalue weighted by Crippen LogP contribution is 2.05. The molecule has 0 spiro atoms. The zero-order chi connectivity index (χ0) is 7.28. The quantitative estimate of drug-likeness (QED) is 0.607. The van der Waals surface area contributed by atoms with E-state index in [4.69, 9.17) is 5.73 Å². The second-order valence-electron chi connectivity index (χ2n) is 2.21. The van der Waals surface area contributed by atoms with E-state index in [2.05, 4.69) is 19.8 Å². The Bertz CT molecular complexity index is 83.0. The number of rotatable bonds is 4. The van der Waals surface area contributed by atoms with E-state index in [0.717, 1.165) is 5.75 Å². The third kappa shape index (κ3) is 3.60. The molecule has 9 heavy (non-hydrogen) atoms. The van der Waals surface area contributed by atoms with Gasteiger partial charge in [0.1, 0.15) is 0 Å². The second-order valence-corrected chi connectivity index (χ2v) is 3.12. The van der Waals surface area contributed by atoms with Gasteiger partial charge in [-0.1, -0.05) is 13.0 Å². The van der Waals surface area contributed by atoms with Gasteiger partial charge in [-0.15, -0.1) is 6.58 Å². The Kier molecular flexibility index (Phi) is 4.91. The van der Waals surface area contributed by atoms with Crippen molar-refractivity contribution in [1.82, 2.24) is 0 Å². The number of hydrogen-bond acceptors (Lipinski definition) is 2. The van der Waals surface area contributed by atoms with Gasteiger partial charge >= 0.3 is 0 Å². The van der Waals surface area contributed by atoms with Gasteiger partial charge < -0.3 is 5.73 Å². The molecule has 0 amide bonds. The topological polar surface area (TPSA) is 26.0 Å². The lowest BCUT2D eigenvalue weighted by molar-refractivity contribution is 0.591. The van der Waals surface area contributed by atoms with Gasteiger partial charge in [-0.3, -0.25) is 0 Å². The Morgan fingerprint density at radius 2 is 2.33 bits per heavy atom. The summed E-state index contributed by atoms with van der Waals surface area (Å²) in [6.07, 6.45) is 3.97. The molecule has 0 aliphatic carbocycles. The molecule has 0 fully saturated rings. The van der Waals surface area contributed by atoms with Gasteiger partial charge in [0.05, 0.1) is 0 Å². The van der Waals surface area contributed by atoms with E-state index in [1.807, 2.05) is 6.08 Å². The van der Waals surface area contributed by atoms with Crippen molar-refractivity contribution in [3.63, 3.8) is 0 Å². The first-order chi connectivity index (χ1) is 4.22. The summed E-state index contributed by atoms with van der Waals surface area (Å²) in [5, 5.41) is 0. The van der Waals surface area contributed by atoms with Gasteiger partial charge in [0.25, 0.3) is 0 Å². The summed E-state index contributed by atoms with van der Waals surface area (Å²) in [5.41, 5.74) is 5.75. The normalized spacial score (nSPS) is 16.8. The number of hydrogen-bond donors (Lipinski definition) is 1. The van der Waals surface area contributed by atoms with Gasteiger partial charge in [-0.2, -0.15) is 11.8 Å². The molecule has 2 N–H and O–H groups in total. The molecular formula is C7H15NS. The maximum Gasteiger partial charge on any atom is 0.0191 e. The summed E-state index contributed by atoms with van der Waals surface area (Å²) in [6, 6.07) is 0.275. The molecule has 2 heteroatoms. The molecule has 0 rings (SSSR count). The fourth-order valence-corrected chi connectivity index (χ4v) is 1.21. The van der Waals surface area contributed by atoms with E-state index in [-0.39, 0.29) is 6.04 Å². The van der Waals surface area contributed by atoms with Gasteiger partial charge in [0.2, 0.25) is 0 Å². The summed E-state index contributed by atoms with van der Waals surface area (Å²) in [7, 11) is 0. The average Bonchev–Trinajstić information content (AvgIpc) is 1.87. The fourth-order valence-electron chi connectivity index (χ4n) is 0.519. The fraction of sp³-hybridized carbons (Fsp3) is 0.714. The smallest absolute Gasteiger partial charge is 0.0191 e. The van der Waals surface area contributed by atoms with Crippen molar-refractivity contribution in [2.24, 2.45) is 11.7 Å². The molecule has 0 radical (unpaired) electrons. The van der Waals surface area contributed by atoms with Gasteiger partial charge in [-0.25, -0.2) is 0 Å². The molecule has 0 bridgehead atoms. The molecule has 0 saturated heterocycles. The SMILES string of the molecule is C=C[C@@H](C)C(N)CSC. The van der Waals surface area contributed by atoms with Crippen molar-refractivity contribution >= 4 is 11.8 Å². The van der Waals surface area contributed by atoms with E-state index in [0.29, 0.717) is 5.92 Å². The van der Waals surface area contributed by atoms with Crippen LogP contribution in [-0.2, 0) is 0 Å². The van der Waals surface area contributed by atoms with Crippen LogP contribution in [0.4, 0.5) is 0 Å². The monoisotopic (exact) mass is 145 g/mol. The minimum atomic E-state index is 0.275. The Morgan fingerprint density at radius 3 is 2.67 bits per heavy atom. The molecule has 1 unspecified atom stereocenters. The van der Waals surface area contributed by atoms with Crippen LogP contribution >= 0.6 is 11.8 Å².